The SMILES string of the molecule is NC(=NOC(=O)N1CCOCC1)c1cccnc1. The molecule has 1 aliphatic rings. The number of amidine groups is 1. The lowest BCUT2D eigenvalue weighted by Crippen LogP contribution is -2.40. The number of carbonyl (C=O) groups is 1. The summed E-state index contributed by atoms with van der Waals surface area (Å²) >= 11 is 0. The molecule has 1 aliphatic heterocycles. The van der Waals surface area contributed by atoms with Crippen molar-refractivity contribution in [3.63, 3.8) is 0 Å². The van der Waals surface area contributed by atoms with Crippen molar-refractivity contribution in [1.82, 2.24) is 9.88 Å². The molecule has 0 aromatic carbocycles. The minimum Gasteiger partial charge on any atom is -0.380 e. The molecule has 96 valence electrons. The number of pyridine rings is 1. The molecule has 1 saturated heterocycles. The van der Waals surface area contributed by atoms with Gasteiger partial charge in [-0.25, -0.2) is 4.79 Å². The summed E-state index contributed by atoms with van der Waals surface area (Å²) in [5, 5.41) is 3.59. The molecule has 0 radical (unpaired) electrons. The number of nitrogens with two attached hydrogens (primary N) is 1. The lowest BCUT2D eigenvalue weighted by Gasteiger charge is -2.24. The van der Waals surface area contributed by atoms with Gasteiger partial charge in [0.25, 0.3) is 0 Å². The van der Waals surface area contributed by atoms with Crippen LogP contribution < -0.4 is 5.73 Å². The molecule has 2 heterocycles. The second kappa shape index (κ2) is 5.97. The van der Waals surface area contributed by atoms with Gasteiger partial charge >= 0.3 is 6.09 Å². The Morgan fingerprint density at radius 2 is 2.28 bits per heavy atom. The first-order valence-corrected chi connectivity index (χ1v) is 5.55. The molecule has 2 rings (SSSR count). The summed E-state index contributed by atoms with van der Waals surface area (Å²) in [6.07, 6.45) is 2.64. The second-order valence-corrected chi connectivity index (χ2v) is 3.67. The van der Waals surface area contributed by atoms with Gasteiger partial charge < -0.3 is 15.4 Å². The zero-order chi connectivity index (χ0) is 12.8. The molecule has 0 aliphatic carbocycles. The average molecular weight is 250 g/mol. The van der Waals surface area contributed by atoms with Gasteiger partial charge in [-0.1, -0.05) is 5.16 Å². The third kappa shape index (κ3) is 3.17. The fraction of sp³-hybridized carbons (Fsp3) is 0.364. The first-order chi connectivity index (χ1) is 8.77. The molecule has 0 saturated carbocycles. The van der Waals surface area contributed by atoms with Gasteiger partial charge in [-0.3, -0.25) is 9.82 Å². The summed E-state index contributed by atoms with van der Waals surface area (Å²) in [7, 11) is 0. The Morgan fingerprint density at radius 1 is 1.50 bits per heavy atom. The van der Waals surface area contributed by atoms with Crippen LogP contribution in [0.2, 0.25) is 0 Å². The van der Waals surface area contributed by atoms with Crippen LogP contribution in [0.5, 0.6) is 0 Å². The molecule has 1 aromatic heterocycles. The lowest BCUT2D eigenvalue weighted by atomic mass is 10.3. The monoisotopic (exact) mass is 250 g/mol. The Bertz CT molecular complexity index is 429. The third-order valence-corrected chi connectivity index (χ3v) is 2.45. The summed E-state index contributed by atoms with van der Waals surface area (Å²) in [6, 6.07) is 3.45. The highest BCUT2D eigenvalue weighted by Gasteiger charge is 2.18. The van der Waals surface area contributed by atoms with Crippen molar-refractivity contribution >= 4 is 11.9 Å². The van der Waals surface area contributed by atoms with Gasteiger partial charge in [0, 0.05) is 31.0 Å². The van der Waals surface area contributed by atoms with Crippen LogP contribution >= 0.6 is 0 Å². The number of hydrogen-bond acceptors (Lipinski definition) is 5. The highest BCUT2D eigenvalue weighted by atomic mass is 16.7. The van der Waals surface area contributed by atoms with Crippen LogP contribution in [0.15, 0.2) is 29.7 Å². The minimum atomic E-state index is -0.523. The highest BCUT2D eigenvalue weighted by molar-refractivity contribution is 5.97. The fourth-order valence-corrected chi connectivity index (χ4v) is 1.46. The number of carbonyl (C=O) groups excluding carboxylic acids is 1. The number of nitrogens with zero attached hydrogens (tertiary/aromatic N) is 3. The number of ether oxygens (including phenoxy) is 1. The van der Waals surface area contributed by atoms with Crippen molar-refractivity contribution in [2.45, 2.75) is 0 Å². The molecule has 1 amide bonds. The maximum absolute atomic E-state index is 11.6. The number of hydrogen-bond donors (Lipinski definition) is 1. The van der Waals surface area contributed by atoms with Crippen LogP contribution in [-0.2, 0) is 9.57 Å². The van der Waals surface area contributed by atoms with Gasteiger partial charge in [-0.2, -0.15) is 0 Å². The number of oxime groups is 1. The molecule has 7 heteroatoms. The van der Waals surface area contributed by atoms with Crippen LogP contribution in [0, 0.1) is 0 Å². The third-order valence-electron chi connectivity index (χ3n) is 2.45. The van der Waals surface area contributed by atoms with E-state index in [0.717, 1.165) is 0 Å². The van der Waals surface area contributed by atoms with Crippen molar-refractivity contribution in [3.8, 4) is 0 Å². The number of morpholine rings is 1. The molecular formula is C11H14N4O3. The zero-order valence-corrected chi connectivity index (χ0v) is 9.78. The minimum absolute atomic E-state index is 0.115. The van der Waals surface area contributed by atoms with E-state index in [0.29, 0.717) is 31.9 Å². The van der Waals surface area contributed by atoms with Gasteiger partial charge in [0.05, 0.1) is 13.2 Å². The van der Waals surface area contributed by atoms with Gasteiger partial charge in [0.2, 0.25) is 0 Å². The van der Waals surface area contributed by atoms with Crippen molar-refractivity contribution in [1.29, 1.82) is 0 Å². The van der Waals surface area contributed by atoms with Crippen molar-refractivity contribution in [2.75, 3.05) is 26.3 Å². The van der Waals surface area contributed by atoms with E-state index in [2.05, 4.69) is 10.1 Å². The molecular weight excluding hydrogens is 236 g/mol. The molecule has 1 aromatic rings. The predicted octanol–water partition coefficient (Wildman–Crippen LogP) is 0.171. The van der Waals surface area contributed by atoms with Gasteiger partial charge in [0.1, 0.15) is 0 Å². The molecule has 0 unspecified atom stereocenters. The topological polar surface area (TPSA) is 90.0 Å². The van der Waals surface area contributed by atoms with Crippen LogP contribution in [0.3, 0.4) is 0 Å². The zero-order valence-electron chi connectivity index (χ0n) is 9.78. The van der Waals surface area contributed by atoms with Gasteiger partial charge in [0.15, 0.2) is 5.84 Å². The molecule has 7 nitrogen and oxygen atoms in total. The first-order valence-electron chi connectivity index (χ1n) is 5.55. The van der Waals surface area contributed by atoms with Crippen LogP contribution in [-0.4, -0.2) is 48.1 Å². The normalized spacial score (nSPS) is 16.4. The Morgan fingerprint density at radius 3 is 2.94 bits per heavy atom. The molecule has 0 atom stereocenters. The van der Waals surface area contributed by atoms with Crippen molar-refractivity contribution < 1.29 is 14.4 Å². The largest absolute Gasteiger partial charge is 0.436 e. The van der Waals surface area contributed by atoms with Gasteiger partial charge in [-0.05, 0) is 12.1 Å². The van der Waals surface area contributed by atoms with E-state index >= 15 is 0 Å². The molecule has 0 bridgehead atoms. The molecule has 0 spiro atoms. The van der Waals surface area contributed by atoms with E-state index in [1.807, 2.05) is 0 Å². The number of aromatic nitrogens is 1. The number of amides is 1. The average Bonchev–Trinajstić information content (AvgIpc) is 2.46. The summed E-state index contributed by atoms with van der Waals surface area (Å²) in [4.78, 5) is 21.8. The smallest absolute Gasteiger partial charge is 0.380 e. The highest BCUT2D eigenvalue weighted by Crippen LogP contribution is 2.01. The lowest BCUT2D eigenvalue weighted by molar-refractivity contribution is 0.0279. The Hall–Kier alpha value is -2.15. The summed E-state index contributed by atoms with van der Waals surface area (Å²) < 4.78 is 5.13. The fourth-order valence-electron chi connectivity index (χ4n) is 1.46. The molecule has 1 fully saturated rings. The maximum atomic E-state index is 11.6. The molecule has 18 heavy (non-hydrogen) atoms. The summed E-state index contributed by atoms with van der Waals surface area (Å²) in [5.41, 5.74) is 6.27. The van der Waals surface area contributed by atoms with Crippen molar-refractivity contribution in [3.05, 3.63) is 30.1 Å². The van der Waals surface area contributed by atoms with Gasteiger partial charge in [-0.15, -0.1) is 0 Å². The summed E-state index contributed by atoms with van der Waals surface area (Å²) in [6.45, 7) is 2.02. The van der Waals surface area contributed by atoms with Crippen LogP contribution in [0.1, 0.15) is 5.56 Å². The van der Waals surface area contributed by atoms with E-state index in [-0.39, 0.29) is 5.84 Å². The number of rotatable bonds is 2. The quantitative estimate of drug-likeness (QED) is 0.350. The van der Waals surface area contributed by atoms with E-state index in [4.69, 9.17) is 15.3 Å². The summed E-state index contributed by atoms with van der Waals surface area (Å²) in [5.74, 6) is 0.115. The van der Waals surface area contributed by atoms with E-state index in [1.165, 1.54) is 4.90 Å². The standard InChI is InChI=1S/C11H14N4O3/c12-10(9-2-1-3-13-8-9)14-18-11(16)15-4-6-17-7-5-15/h1-3,8H,4-7H2,(H2,12,14). The Balaban J connectivity index is 1.91. The Labute approximate surface area is 104 Å². The predicted molar refractivity (Wildman–Crippen MR) is 63.8 cm³/mol. The van der Waals surface area contributed by atoms with Crippen LogP contribution in [0.25, 0.3) is 0 Å². The maximum Gasteiger partial charge on any atom is 0.436 e. The van der Waals surface area contributed by atoms with E-state index in [1.54, 1.807) is 24.5 Å². The van der Waals surface area contributed by atoms with E-state index in [9.17, 15) is 4.79 Å². The Kier molecular flexibility index (Phi) is 4.08. The van der Waals surface area contributed by atoms with E-state index < -0.39 is 6.09 Å². The molecule has 2 N–H and O–H groups in total. The second-order valence-electron chi connectivity index (χ2n) is 3.67. The van der Waals surface area contributed by atoms with Crippen molar-refractivity contribution in [2.24, 2.45) is 10.9 Å². The van der Waals surface area contributed by atoms with Crippen LogP contribution in [0.4, 0.5) is 4.79 Å². The first kappa shape index (κ1) is 12.3.